The predicted octanol–water partition coefficient (Wildman–Crippen LogP) is 1.99. The Morgan fingerprint density at radius 1 is 1.76 bits per heavy atom. The Kier molecular flexibility index (Phi) is 4.05. The summed E-state index contributed by atoms with van der Waals surface area (Å²) in [5.41, 5.74) is 1.13. The fraction of sp³-hybridized carbons (Fsp3) is 0.667. The van der Waals surface area contributed by atoms with Crippen molar-refractivity contribution >= 4 is 17.5 Å². The van der Waals surface area contributed by atoms with E-state index in [9.17, 15) is 4.79 Å². The Hall–Kier alpha value is -1.03. The Morgan fingerprint density at radius 2 is 2.59 bits per heavy atom. The van der Waals surface area contributed by atoms with Crippen molar-refractivity contribution in [1.29, 1.82) is 0 Å². The number of carbonyl (C=O) groups is 1. The molecule has 1 N–H and O–H groups in total. The second-order valence-electron chi connectivity index (χ2n) is 4.69. The molecule has 2 rings (SSSR count). The van der Waals surface area contributed by atoms with Crippen LogP contribution < -0.4 is 0 Å². The molecule has 4 nitrogen and oxygen atoms in total. The topological polar surface area (TPSA) is 49.0 Å². The third kappa shape index (κ3) is 2.80. The van der Waals surface area contributed by atoms with Crippen molar-refractivity contribution in [3.05, 3.63) is 18.0 Å². The van der Waals surface area contributed by atoms with Crippen LogP contribution in [0.4, 0.5) is 0 Å². The summed E-state index contributed by atoms with van der Waals surface area (Å²) >= 11 is 5.74. The van der Waals surface area contributed by atoms with Crippen LogP contribution in [0.5, 0.6) is 0 Å². The molecular weight excluding hydrogens is 238 g/mol. The Morgan fingerprint density at radius 3 is 3.24 bits per heavy atom. The van der Waals surface area contributed by atoms with E-state index >= 15 is 0 Å². The highest BCUT2D eigenvalue weighted by Crippen LogP contribution is 2.26. The number of hydrogen-bond donors (Lipinski definition) is 1. The molecule has 0 radical (unpaired) electrons. The fourth-order valence-corrected chi connectivity index (χ4v) is 2.43. The lowest BCUT2D eigenvalue weighted by Gasteiger charge is -2.33. The average Bonchev–Trinajstić information content (AvgIpc) is 2.91. The molecule has 1 aromatic rings. The zero-order valence-corrected chi connectivity index (χ0v) is 10.8. The van der Waals surface area contributed by atoms with Gasteiger partial charge in [0.2, 0.25) is 5.91 Å². The van der Waals surface area contributed by atoms with Gasteiger partial charge in [0.1, 0.15) is 0 Å². The lowest BCUT2D eigenvalue weighted by Crippen LogP contribution is -2.42. The molecule has 1 aliphatic rings. The zero-order valence-electron chi connectivity index (χ0n) is 10.0. The van der Waals surface area contributed by atoms with Crippen LogP contribution in [0.3, 0.4) is 0 Å². The molecule has 0 spiro atoms. The minimum Gasteiger partial charge on any atom is -0.342 e. The molecule has 1 aliphatic heterocycles. The van der Waals surface area contributed by atoms with E-state index in [-0.39, 0.29) is 11.8 Å². The number of halogens is 1. The van der Waals surface area contributed by atoms with E-state index in [4.69, 9.17) is 11.6 Å². The van der Waals surface area contributed by atoms with Crippen LogP contribution in [0, 0.1) is 5.92 Å². The van der Waals surface area contributed by atoms with Gasteiger partial charge in [-0.05, 0) is 18.9 Å². The summed E-state index contributed by atoms with van der Waals surface area (Å²) in [6, 6.07) is 1.99. The molecule has 0 aromatic carbocycles. The second kappa shape index (κ2) is 5.54. The van der Waals surface area contributed by atoms with Gasteiger partial charge in [0.25, 0.3) is 0 Å². The first kappa shape index (κ1) is 12.4. The largest absolute Gasteiger partial charge is 0.342 e. The van der Waals surface area contributed by atoms with E-state index in [1.54, 1.807) is 6.20 Å². The molecule has 17 heavy (non-hydrogen) atoms. The number of aromatic amines is 1. The van der Waals surface area contributed by atoms with Crippen LogP contribution in [0.25, 0.3) is 0 Å². The molecule has 2 unspecified atom stereocenters. The van der Waals surface area contributed by atoms with Gasteiger partial charge >= 0.3 is 0 Å². The number of nitrogens with zero attached hydrogens (tertiary/aromatic N) is 2. The number of amides is 1. The summed E-state index contributed by atoms with van der Waals surface area (Å²) in [5.74, 6) is 0.864. The second-order valence-corrected chi connectivity index (χ2v) is 5.00. The number of rotatable bonds is 3. The molecule has 0 aliphatic carbocycles. The van der Waals surface area contributed by atoms with Gasteiger partial charge in [0, 0.05) is 42.7 Å². The van der Waals surface area contributed by atoms with E-state index in [0.717, 1.165) is 31.6 Å². The number of nitrogens with one attached hydrogen (secondary N) is 1. The fourth-order valence-electron chi connectivity index (χ4n) is 2.30. The number of alkyl halides is 1. The molecule has 1 fully saturated rings. The number of aromatic nitrogens is 2. The van der Waals surface area contributed by atoms with E-state index in [1.807, 2.05) is 17.9 Å². The Labute approximate surface area is 106 Å². The number of H-pyrrole nitrogens is 1. The van der Waals surface area contributed by atoms with E-state index in [0.29, 0.717) is 11.8 Å². The summed E-state index contributed by atoms with van der Waals surface area (Å²) in [6.07, 6.45) is 3.92. The summed E-state index contributed by atoms with van der Waals surface area (Å²) in [5, 5.41) is 6.96. The normalized spacial score (nSPS) is 22.5. The molecular formula is C12H18ClN3O. The summed E-state index contributed by atoms with van der Waals surface area (Å²) < 4.78 is 0. The third-order valence-corrected chi connectivity index (χ3v) is 3.81. The quantitative estimate of drug-likeness (QED) is 0.840. The van der Waals surface area contributed by atoms with Crippen molar-refractivity contribution < 1.29 is 4.79 Å². The van der Waals surface area contributed by atoms with Gasteiger partial charge in [-0.3, -0.25) is 9.89 Å². The summed E-state index contributed by atoms with van der Waals surface area (Å²) in [6.45, 7) is 3.52. The Bertz CT molecular complexity index is 366. The number of piperidine rings is 1. The number of likely N-dealkylation sites (tertiary alicyclic amines) is 1. The molecule has 94 valence electrons. The minimum atomic E-state index is -0.0859. The van der Waals surface area contributed by atoms with E-state index < -0.39 is 0 Å². The van der Waals surface area contributed by atoms with Crippen molar-refractivity contribution in [3.8, 4) is 0 Å². The molecule has 1 amide bonds. The maximum Gasteiger partial charge on any atom is 0.226 e. The molecule has 0 bridgehead atoms. The van der Waals surface area contributed by atoms with Crippen molar-refractivity contribution in [2.75, 3.05) is 19.0 Å². The van der Waals surface area contributed by atoms with E-state index in [2.05, 4.69) is 10.2 Å². The highest BCUT2D eigenvalue weighted by atomic mass is 35.5. The maximum absolute atomic E-state index is 12.1. The van der Waals surface area contributed by atoms with E-state index in [1.165, 1.54) is 0 Å². The minimum absolute atomic E-state index is 0.0859. The molecule has 2 atom stereocenters. The first-order chi connectivity index (χ1) is 8.22. The lowest BCUT2D eigenvalue weighted by molar-refractivity contribution is -0.135. The first-order valence-corrected chi connectivity index (χ1v) is 6.60. The molecule has 0 saturated carbocycles. The van der Waals surface area contributed by atoms with Crippen molar-refractivity contribution in [1.82, 2.24) is 15.1 Å². The van der Waals surface area contributed by atoms with Gasteiger partial charge in [0.05, 0.1) is 0 Å². The van der Waals surface area contributed by atoms with Crippen LogP contribution in [-0.4, -0.2) is 40.0 Å². The van der Waals surface area contributed by atoms with Gasteiger partial charge in [-0.15, -0.1) is 11.6 Å². The number of carbonyl (C=O) groups excluding carboxylic acids is 1. The molecule has 2 heterocycles. The monoisotopic (exact) mass is 255 g/mol. The summed E-state index contributed by atoms with van der Waals surface area (Å²) in [7, 11) is 0. The zero-order chi connectivity index (χ0) is 12.3. The predicted molar refractivity (Wildman–Crippen MR) is 67.0 cm³/mol. The SMILES string of the molecule is CC(CCl)C(=O)N1CCCC(c2ccn[nH]2)C1. The van der Waals surface area contributed by atoms with Crippen LogP contribution in [0.15, 0.2) is 12.3 Å². The maximum atomic E-state index is 12.1. The Balaban J connectivity index is 2.00. The highest BCUT2D eigenvalue weighted by Gasteiger charge is 2.27. The third-order valence-electron chi connectivity index (χ3n) is 3.35. The highest BCUT2D eigenvalue weighted by molar-refractivity contribution is 6.19. The van der Waals surface area contributed by atoms with Gasteiger partial charge < -0.3 is 4.90 Å². The van der Waals surface area contributed by atoms with Crippen LogP contribution in [-0.2, 0) is 4.79 Å². The molecule has 1 aromatic heterocycles. The smallest absolute Gasteiger partial charge is 0.226 e. The van der Waals surface area contributed by atoms with Crippen LogP contribution in [0.1, 0.15) is 31.4 Å². The summed E-state index contributed by atoms with van der Waals surface area (Å²) in [4.78, 5) is 14.0. The van der Waals surface area contributed by atoms with Gasteiger partial charge in [-0.2, -0.15) is 5.10 Å². The average molecular weight is 256 g/mol. The van der Waals surface area contributed by atoms with Crippen LogP contribution in [0.2, 0.25) is 0 Å². The van der Waals surface area contributed by atoms with Crippen molar-refractivity contribution in [3.63, 3.8) is 0 Å². The van der Waals surface area contributed by atoms with Gasteiger partial charge in [0.15, 0.2) is 0 Å². The number of hydrogen-bond acceptors (Lipinski definition) is 2. The lowest BCUT2D eigenvalue weighted by atomic mass is 9.94. The van der Waals surface area contributed by atoms with Gasteiger partial charge in [-0.1, -0.05) is 6.92 Å². The standard InChI is InChI=1S/C12H18ClN3O/c1-9(7-13)12(17)16-6-2-3-10(8-16)11-4-5-14-15-11/h4-5,9-10H,2-3,6-8H2,1H3,(H,14,15). The molecule has 1 saturated heterocycles. The van der Waals surface area contributed by atoms with Gasteiger partial charge in [-0.25, -0.2) is 0 Å². The van der Waals surface area contributed by atoms with Crippen LogP contribution >= 0.6 is 11.6 Å². The van der Waals surface area contributed by atoms with Crippen molar-refractivity contribution in [2.45, 2.75) is 25.7 Å². The first-order valence-electron chi connectivity index (χ1n) is 6.06. The van der Waals surface area contributed by atoms with Crippen molar-refractivity contribution in [2.24, 2.45) is 5.92 Å². The molecule has 5 heteroatoms.